The summed E-state index contributed by atoms with van der Waals surface area (Å²) in [4.78, 5) is 0. The summed E-state index contributed by atoms with van der Waals surface area (Å²) in [5, 5.41) is 0. The van der Waals surface area contributed by atoms with Gasteiger partial charge < -0.3 is 4.74 Å². The van der Waals surface area contributed by atoms with Gasteiger partial charge in [0.05, 0.1) is 12.2 Å². The third-order valence-electron chi connectivity index (χ3n) is 7.45. The third kappa shape index (κ3) is 2.90. The highest BCUT2D eigenvalue weighted by Crippen LogP contribution is 2.62. The maximum absolute atomic E-state index is 7.01. The minimum absolute atomic E-state index is 0.0742. The molecule has 0 N–H and O–H groups in total. The number of rotatable bonds is 2. The van der Waals surface area contributed by atoms with Gasteiger partial charge >= 0.3 is 0 Å². The molecule has 2 aliphatic carbocycles. The summed E-state index contributed by atoms with van der Waals surface area (Å²) < 4.78 is 7.01. The maximum Gasteiger partial charge on any atom is 0.0915 e. The Morgan fingerprint density at radius 3 is 1.30 bits per heavy atom. The summed E-state index contributed by atoms with van der Waals surface area (Å²) in [5.41, 5.74) is 10.6. The first-order chi connectivity index (χ1) is 16.4. The summed E-state index contributed by atoms with van der Waals surface area (Å²) >= 11 is 0. The van der Waals surface area contributed by atoms with Gasteiger partial charge in [-0.1, -0.05) is 109 Å². The molecule has 0 spiro atoms. The number of hydrogen-bond acceptors (Lipinski definition) is 1. The van der Waals surface area contributed by atoms with Crippen molar-refractivity contribution in [2.24, 2.45) is 0 Å². The molecule has 1 nitrogen and oxygen atoms in total. The van der Waals surface area contributed by atoms with Crippen LogP contribution in [0.25, 0.3) is 23.3 Å². The fourth-order valence-corrected chi connectivity index (χ4v) is 6.14. The first-order valence-corrected chi connectivity index (χ1v) is 11.8. The minimum atomic E-state index is 0.0742. The highest BCUT2D eigenvalue weighted by Gasteiger charge is 2.56. The first kappa shape index (κ1) is 18.8. The van der Waals surface area contributed by atoms with E-state index in [-0.39, 0.29) is 12.2 Å². The van der Waals surface area contributed by atoms with Gasteiger partial charge in [-0.25, -0.2) is 0 Å². The van der Waals surface area contributed by atoms with Crippen molar-refractivity contribution in [3.8, 4) is 0 Å². The Kier molecular flexibility index (Phi) is 4.25. The monoisotopic (exact) mass is 424 g/mol. The van der Waals surface area contributed by atoms with Crippen molar-refractivity contribution in [2.75, 3.05) is 0 Å². The van der Waals surface area contributed by atoms with E-state index in [9.17, 15) is 0 Å². The zero-order valence-electron chi connectivity index (χ0n) is 18.3. The molecule has 0 unspecified atom stereocenters. The third-order valence-corrected chi connectivity index (χ3v) is 7.45. The Labute approximate surface area is 194 Å². The molecule has 1 heteroatoms. The van der Waals surface area contributed by atoms with E-state index in [0.29, 0.717) is 11.8 Å². The normalized spacial score (nSPS) is 26.8. The van der Waals surface area contributed by atoms with Crippen LogP contribution in [-0.4, -0.2) is 12.2 Å². The summed E-state index contributed by atoms with van der Waals surface area (Å²) in [5.74, 6) is 0.674. The van der Waals surface area contributed by atoms with E-state index >= 15 is 0 Å². The van der Waals surface area contributed by atoms with E-state index in [0.717, 1.165) is 0 Å². The average molecular weight is 425 g/mol. The second kappa shape index (κ2) is 7.43. The lowest BCUT2D eigenvalue weighted by atomic mass is 9.83. The van der Waals surface area contributed by atoms with Crippen LogP contribution in [0.4, 0.5) is 0 Å². The highest BCUT2D eigenvalue weighted by molar-refractivity contribution is 5.94. The van der Waals surface area contributed by atoms with E-state index in [4.69, 9.17) is 4.74 Å². The topological polar surface area (TPSA) is 9.23 Å². The Morgan fingerprint density at radius 1 is 0.455 bits per heavy atom. The molecule has 1 saturated heterocycles. The molecule has 0 amide bonds. The molecule has 0 radical (unpaired) electrons. The van der Waals surface area contributed by atoms with E-state index in [2.05, 4.69) is 121 Å². The molecule has 158 valence electrons. The van der Waals surface area contributed by atoms with E-state index in [1.54, 1.807) is 0 Å². The van der Waals surface area contributed by atoms with Gasteiger partial charge in [0.1, 0.15) is 0 Å². The number of fused-ring (bicyclic) bond motifs is 7. The Hall–Kier alpha value is -3.68. The fraction of sp³-hybridized carbons (Fsp3) is 0.125. The number of benzene rings is 4. The summed E-state index contributed by atoms with van der Waals surface area (Å²) in [6.07, 6.45) is 4.81. The van der Waals surface area contributed by atoms with Gasteiger partial charge in [0, 0.05) is 11.8 Å². The zero-order chi connectivity index (χ0) is 21.8. The molecule has 4 aromatic rings. The fourth-order valence-electron chi connectivity index (χ4n) is 6.14. The standard InChI is InChI=1S/C32H24O/c1-3-11-21(12-4-1)19-27-23-15-7-9-17-25(23)29-30-26-18-10-8-16-24(26)28(32(30)33-31(27)29)20-22-13-5-2-6-14-22/h1-20,29-32H/b27-19-,28-20-/t29-,30-,31+,32+/m0/s1. The average Bonchev–Trinajstić information content (AvgIpc) is 3.49. The first-order valence-electron chi connectivity index (χ1n) is 11.8. The van der Waals surface area contributed by atoms with Crippen molar-refractivity contribution in [3.05, 3.63) is 143 Å². The van der Waals surface area contributed by atoms with Crippen molar-refractivity contribution < 1.29 is 4.74 Å². The lowest BCUT2D eigenvalue weighted by Gasteiger charge is -2.17. The van der Waals surface area contributed by atoms with Gasteiger partial charge in [0.25, 0.3) is 0 Å². The smallest absolute Gasteiger partial charge is 0.0915 e. The summed E-state index contributed by atoms with van der Waals surface area (Å²) in [7, 11) is 0. The van der Waals surface area contributed by atoms with Crippen molar-refractivity contribution in [1.29, 1.82) is 0 Å². The van der Waals surface area contributed by atoms with Crippen LogP contribution in [0, 0.1) is 0 Å². The van der Waals surface area contributed by atoms with Crippen molar-refractivity contribution in [1.82, 2.24) is 0 Å². The predicted octanol–water partition coefficient (Wildman–Crippen LogP) is 7.43. The Morgan fingerprint density at radius 2 is 0.848 bits per heavy atom. The molecule has 0 saturated carbocycles. The molecular formula is C32H24O. The number of hydrogen-bond donors (Lipinski definition) is 0. The van der Waals surface area contributed by atoms with Crippen LogP contribution in [0.3, 0.4) is 0 Å². The largest absolute Gasteiger partial charge is 0.364 e. The van der Waals surface area contributed by atoms with Crippen LogP contribution in [0.15, 0.2) is 109 Å². The van der Waals surface area contributed by atoms with Crippen LogP contribution < -0.4 is 0 Å². The molecule has 0 aromatic heterocycles. The van der Waals surface area contributed by atoms with E-state index in [1.165, 1.54) is 44.5 Å². The van der Waals surface area contributed by atoms with E-state index in [1.807, 2.05) is 0 Å². The Balaban J connectivity index is 1.40. The molecule has 1 heterocycles. The number of ether oxygens (including phenoxy) is 1. The lowest BCUT2D eigenvalue weighted by Crippen LogP contribution is -2.12. The van der Waals surface area contributed by atoms with Gasteiger partial charge in [0.2, 0.25) is 0 Å². The SMILES string of the molecule is C(=C1\c2ccccc2[C@H]2[C@@H]3c4ccccc4/C(=C/c4ccccc4)[C@H]3O[C@H]12)/c1ccccc1. The van der Waals surface area contributed by atoms with Crippen molar-refractivity contribution in [2.45, 2.75) is 24.0 Å². The van der Waals surface area contributed by atoms with Crippen LogP contribution in [0.1, 0.15) is 45.2 Å². The molecule has 0 bridgehead atoms. The molecule has 3 aliphatic rings. The van der Waals surface area contributed by atoms with Gasteiger partial charge in [-0.2, -0.15) is 0 Å². The van der Waals surface area contributed by atoms with Gasteiger partial charge in [0.15, 0.2) is 0 Å². The quantitative estimate of drug-likeness (QED) is 0.325. The van der Waals surface area contributed by atoms with Gasteiger partial charge in [-0.3, -0.25) is 0 Å². The second-order valence-electron chi connectivity index (χ2n) is 9.22. The van der Waals surface area contributed by atoms with Crippen LogP contribution in [-0.2, 0) is 4.74 Å². The minimum Gasteiger partial charge on any atom is -0.364 e. The van der Waals surface area contributed by atoms with Crippen LogP contribution >= 0.6 is 0 Å². The van der Waals surface area contributed by atoms with Crippen molar-refractivity contribution >= 4 is 23.3 Å². The molecule has 33 heavy (non-hydrogen) atoms. The van der Waals surface area contributed by atoms with E-state index < -0.39 is 0 Å². The zero-order valence-corrected chi connectivity index (χ0v) is 18.3. The van der Waals surface area contributed by atoms with Crippen LogP contribution in [0.5, 0.6) is 0 Å². The molecule has 1 fully saturated rings. The maximum atomic E-state index is 7.01. The second-order valence-corrected chi connectivity index (χ2v) is 9.22. The van der Waals surface area contributed by atoms with Gasteiger partial charge in [-0.15, -0.1) is 0 Å². The predicted molar refractivity (Wildman–Crippen MR) is 136 cm³/mol. The molecule has 1 aliphatic heterocycles. The summed E-state index contributed by atoms with van der Waals surface area (Å²) in [6, 6.07) is 39.1. The molecule has 4 aromatic carbocycles. The van der Waals surface area contributed by atoms with Crippen molar-refractivity contribution in [3.63, 3.8) is 0 Å². The van der Waals surface area contributed by atoms with Gasteiger partial charge in [-0.05, 0) is 56.7 Å². The Bertz CT molecular complexity index is 1290. The molecule has 4 atom stereocenters. The summed E-state index contributed by atoms with van der Waals surface area (Å²) in [6.45, 7) is 0. The molecular weight excluding hydrogens is 400 g/mol. The van der Waals surface area contributed by atoms with Crippen LogP contribution in [0.2, 0.25) is 0 Å². The molecule has 7 rings (SSSR count). The highest BCUT2D eigenvalue weighted by atomic mass is 16.5. The lowest BCUT2D eigenvalue weighted by molar-refractivity contribution is 0.110.